The number of nitrogens with two attached hydrogens (primary N) is 1. The zero-order valence-electron chi connectivity index (χ0n) is 9.84. The first-order valence-electron chi connectivity index (χ1n) is 6.18. The molecule has 2 N–H and O–H groups in total. The van der Waals surface area contributed by atoms with Gasteiger partial charge in [-0.3, -0.25) is 0 Å². The standard InChI is InChI=1S/C13H20ClNS/c1-9-7-12(16-13(9)14)11(15)8-10-5-3-2-4-6-10/h7,10-11H,2-6,8,15H2,1H3. The molecule has 0 aliphatic heterocycles. The summed E-state index contributed by atoms with van der Waals surface area (Å²) in [5.74, 6) is 0.838. The molecular weight excluding hydrogens is 238 g/mol. The highest BCUT2D eigenvalue weighted by Gasteiger charge is 2.19. The van der Waals surface area contributed by atoms with Gasteiger partial charge in [-0.25, -0.2) is 0 Å². The molecule has 0 amide bonds. The molecular formula is C13H20ClNS. The molecule has 1 aliphatic rings. The number of hydrogen-bond donors (Lipinski definition) is 1. The van der Waals surface area contributed by atoms with Crippen LogP contribution in [0.3, 0.4) is 0 Å². The third-order valence-electron chi connectivity index (χ3n) is 3.55. The van der Waals surface area contributed by atoms with Crippen molar-refractivity contribution < 1.29 is 0 Å². The number of rotatable bonds is 3. The lowest BCUT2D eigenvalue weighted by atomic mass is 9.85. The molecule has 0 radical (unpaired) electrons. The van der Waals surface area contributed by atoms with Gasteiger partial charge in [0.2, 0.25) is 0 Å². The van der Waals surface area contributed by atoms with Gasteiger partial charge in [0.05, 0.1) is 4.34 Å². The molecule has 0 saturated heterocycles. The molecule has 1 aliphatic carbocycles. The van der Waals surface area contributed by atoms with E-state index in [9.17, 15) is 0 Å². The smallest absolute Gasteiger partial charge is 0.0960 e. The lowest BCUT2D eigenvalue weighted by Crippen LogP contribution is -2.16. The Morgan fingerprint density at radius 3 is 2.69 bits per heavy atom. The predicted molar refractivity (Wildman–Crippen MR) is 72.2 cm³/mol. The first-order chi connectivity index (χ1) is 7.66. The molecule has 1 unspecified atom stereocenters. The van der Waals surface area contributed by atoms with Crippen molar-refractivity contribution in [2.45, 2.75) is 51.5 Å². The van der Waals surface area contributed by atoms with E-state index in [0.717, 1.165) is 16.7 Å². The Bertz CT molecular complexity index is 322. The average molecular weight is 258 g/mol. The van der Waals surface area contributed by atoms with Crippen LogP contribution in [0.5, 0.6) is 0 Å². The Hall–Kier alpha value is -0.0500. The molecule has 1 aromatic heterocycles. The summed E-state index contributed by atoms with van der Waals surface area (Å²) in [5.41, 5.74) is 7.43. The highest BCUT2D eigenvalue weighted by molar-refractivity contribution is 7.16. The summed E-state index contributed by atoms with van der Waals surface area (Å²) >= 11 is 7.73. The van der Waals surface area contributed by atoms with Crippen LogP contribution in [0.15, 0.2) is 6.07 Å². The molecule has 2 rings (SSSR count). The summed E-state index contributed by atoms with van der Waals surface area (Å²) in [6, 6.07) is 2.35. The Kier molecular flexibility index (Phi) is 4.28. The Morgan fingerprint density at radius 2 is 2.12 bits per heavy atom. The maximum absolute atomic E-state index is 6.26. The van der Waals surface area contributed by atoms with E-state index in [1.54, 1.807) is 11.3 Å². The highest BCUT2D eigenvalue weighted by atomic mass is 35.5. The van der Waals surface area contributed by atoms with Gasteiger partial charge in [0.25, 0.3) is 0 Å². The molecule has 0 bridgehead atoms. The molecule has 3 heteroatoms. The molecule has 1 nitrogen and oxygen atoms in total. The number of aryl methyl sites for hydroxylation is 1. The van der Waals surface area contributed by atoms with Crippen LogP contribution in [0.1, 0.15) is 55.0 Å². The van der Waals surface area contributed by atoms with Crippen molar-refractivity contribution in [2.24, 2.45) is 11.7 Å². The first-order valence-corrected chi connectivity index (χ1v) is 7.37. The molecule has 0 aromatic carbocycles. The highest BCUT2D eigenvalue weighted by Crippen LogP contribution is 2.35. The average Bonchev–Trinajstić information content (AvgIpc) is 2.61. The van der Waals surface area contributed by atoms with Crippen LogP contribution in [0.4, 0.5) is 0 Å². The van der Waals surface area contributed by atoms with Crippen LogP contribution in [0.25, 0.3) is 0 Å². The van der Waals surface area contributed by atoms with E-state index < -0.39 is 0 Å². The monoisotopic (exact) mass is 257 g/mol. The van der Waals surface area contributed by atoms with Crippen molar-refractivity contribution >= 4 is 22.9 Å². The van der Waals surface area contributed by atoms with Crippen LogP contribution in [0.2, 0.25) is 4.34 Å². The largest absolute Gasteiger partial charge is 0.323 e. The summed E-state index contributed by atoms with van der Waals surface area (Å²) in [6.07, 6.45) is 8.06. The fourth-order valence-corrected chi connectivity index (χ4v) is 3.80. The minimum Gasteiger partial charge on any atom is -0.323 e. The second-order valence-electron chi connectivity index (χ2n) is 4.95. The molecule has 1 fully saturated rings. The second kappa shape index (κ2) is 5.52. The van der Waals surface area contributed by atoms with Gasteiger partial charge in [-0.1, -0.05) is 43.7 Å². The van der Waals surface area contributed by atoms with Gasteiger partial charge in [-0.2, -0.15) is 0 Å². The van der Waals surface area contributed by atoms with Crippen LogP contribution in [0, 0.1) is 12.8 Å². The van der Waals surface area contributed by atoms with E-state index in [-0.39, 0.29) is 6.04 Å². The molecule has 0 spiro atoms. The van der Waals surface area contributed by atoms with Crippen molar-refractivity contribution in [3.8, 4) is 0 Å². The fraction of sp³-hybridized carbons (Fsp3) is 0.692. The third-order valence-corrected chi connectivity index (χ3v) is 5.24. The van der Waals surface area contributed by atoms with Crippen LogP contribution in [-0.4, -0.2) is 0 Å². The van der Waals surface area contributed by atoms with Crippen molar-refractivity contribution in [3.63, 3.8) is 0 Å². The van der Waals surface area contributed by atoms with E-state index in [1.165, 1.54) is 42.5 Å². The lowest BCUT2D eigenvalue weighted by Gasteiger charge is -2.24. The van der Waals surface area contributed by atoms with Gasteiger partial charge in [0.15, 0.2) is 0 Å². The predicted octanol–water partition coefficient (Wildman–Crippen LogP) is 4.68. The van der Waals surface area contributed by atoms with Crippen LogP contribution >= 0.6 is 22.9 Å². The maximum atomic E-state index is 6.26. The Balaban J connectivity index is 1.93. The second-order valence-corrected chi connectivity index (χ2v) is 6.64. The van der Waals surface area contributed by atoms with Crippen LogP contribution in [-0.2, 0) is 0 Å². The zero-order chi connectivity index (χ0) is 11.5. The van der Waals surface area contributed by atoms with Gasteiger partial charge in [0, 0.05) is 10.9 Å². The van der Waals surface area contributed by atoms with E-state index in [2.05, 4.69) is 13.0 Å². The Labute approximate surface area is 107 Å². The van der Waals surface area contributed by atoms with Gasteiger partial charge in [-0.05, 0) is 30.9 Å². The number of thiophene rings is 1. The minimum absolute atomic E-state index is 0.194. The quantitative estimate of drug-likeness (QED) is 0.836. The topological polar surface area (TPSA) is 26.0 Å². The van der Waals surface area contributed by atoms with E-state index in [1.807, 2.05) is 0 Å². The van der Waals surface area contributed by atoms with Gasteiger partial charge in [-0.15, -0.1) is 11.3 Å². The number of halogens is 1. The SMILES string of the molecule is Cc1cc(C(N)CC2CCCCC2)sc1Cl. The maximum Gasteiger partial charge on any atom is 0.0960 e. The molecule has 16 heavy (non-hydrogen) atoms. The summed E-state index contributed by atoms with van der Waals surface area (Å²) in [4.78, 5) is 1.26. The molecule has 1 saturated carbocycles. The molecule has 1 heterocycles. The normalized spacial score (nSPS) is 19.9. The van der Waals surface area contributed by atoms with Crippen LogP contribution < -0.4 is 5.73 Å². The third kappa shape index (κ3) is 2.99. The minimum atomic E-state index is 0.194. The summed E-state index contributed by atoms with van der Waals surface area (Å²) in [6.45, 7) is 2.05. The number of hydrogen-bond acceptors (Lipinski definition) is 2. The van der Waals surface area contributed by atoms with Crippen molar-refractivity contribution in [1.82, 2.24) is 0 Å². The van der Waals surface area contributed by atoms with Gasteiger partial charge < -0.3 is 5.73 Å². The zero-order valence-corrected chi connectivity index (χ0v) is 11.4. The Morgan fingerprint density at radius 1 is 1.44 bits per heavy atom. The van der Waals surface area contributed by atoms with Gasteiger partial charge in [0.1, 0.15) is 0 Å². The van der Waals surface area contributed by atoms with Crippen molar-refractivity contribution in [1.29, 1.82) is 0 Å². The van der Waals surface area contributed by atoms with E-state index in [4.69, 9.17) is 17.3 Å². The first kappa shape index (κ1) is 12.4. The molecule has 1 atom stereocenters. The summed E-state index contributed by atoms with van der Waals surface area (Å²) in [7, 11) is 0. The van der Waals surface area contributed by atoms with Crippen molar-refractivity contribution in [3.05, 3.63) is 20.8 Å². The lowest BCUT2D eigenvalue weighted by molar-refractivity contribution is 0.320. The van der Waals surface area contributed by atoms with E-state index >= 15 is 0 Å². The molecule has 90 valence electrons. The summed E-state index contributed by atoms with van der Waals surface area (Å²) in [5, 5.41) is 0. The van der Waals surface area contributed by atoms with Crippen molar-refractivity contribution in [2.75, 3.05) is 0 Å². The van der Waals surface area contributed by atoms with E-state index in [0.29, 0.717) is 0 Å². The van der Waals surface area contributed by atoms with Gasteiger partial charge >= 0.3 is 0 Å². The molecule has 1 aromatic rings. The fourth-order valence-electron chi connectivity index (χ4n) is 2.56. The summed E-state index contributed by atoms with van der Waals surface area (Å²) < 4.78 is 0.897.